The molecule has 1 aliphatic rings. The number of fused-ring (bicyclic) bond motifs is 3. The van der Waals surface area contributed by atoms with Gasteiger partial charge >= 0.3 is 0 Å². The van der Waals surface area contributed by atoms with Crippen LogP contribution in [0.4, 0.5) is 0 Å². The highest BCUT2D eigenvalue weighted by Crippen LogP contribution is 2.43. The number of nitrogens with one attached hydrogen (secondary N) is 1. The molecule has 7 heteroatoms. The number of para-hydroxylation sites is 2. The minimum Gasteiger partial charge on any atom is -0.497 e. The van der Waals surface area contributed by atoms with E-state index in [4.69, 9.17) is 9.72 Å². The lowest BCUT2D eigenvalue weighted by Gasteiger charge is -2.37. The second-order valence-corrected chi connectivity index (χ2v) is 8.32. The molecule has 0 saturated carbocycles. The molecule has 0 aliphatic carbocycles. The van der Waals surface area contributed by atoms with Crippen LogP contribution in [0.2, 0.25) is 0 Å². The van der Waals surface area contributed by atoms with Gasteiger partial charge in [-0.2, -0.15) is 0 Å². The van der Waals surface area contributed by atoms with E-state index in [9.17, 15) is 14.4 Å². The fraction of sp³-hybridized carbons (Fsp3) is 0.185. The van der Waals surface area contributed by atoms with Crippen LogP contribution in [-0.2, 0) is 4.79 Å². The largest absolute Gasteiger partial charge is 0.497 e. The van der Waals surface area contributed by atoms with E-state index in [-0.39, 0.29) is 17.6 Å². The zero-order chi connectivity index (χ0) is 23.8. The molecule has 4 aromatic rings. The van der Waals surface area contributed by atoms with Gasteiger partial charge in [0.15, 0.2) is 5.78 Å². The third kappa shape index (κ3) is 3.55. The zero-order valence-electron chi connectivity index (χ0n) is 18.8. The number of amides is 1. The first-order valence-corrected chi connectivity index (χ1v) is 11.0. The van der Waals surface area contributed by atoms with Crippen LogP contribution < -0.4 is 10.1 Å². The van der Waals surface area contributed by atoms with Gasteiger partial charge in [0.1, 0.15) is 17.6 Å². The van der Waals surface area contributed by atoms with Gasteiger partial charge in [0.25, 0.3) is 5.91 Å². The fourth-order valence-electron chi connectivity index (χ4n) is 4.77. The molecule has 7 nitrogen and oxygen atoms in total. The molecule has 3 aromatic carbocycles. The number of rotatable bonds is 5. The fourth-order valence-corrected chi connectivity index (χ4v) is 4.77. The Morgan fingerprint density at radius 2 is 1.62 bits per heavy atom. The van der Waals surface area contributed by atoms with E-state index in [0.717, 1.165) is 5.56 Å². The number of hydrogen-bond donors (Lipinski definition) is 1. The molecule has 0 fully saturated rings. The van der Waals surface area contributed by atoms with Crippen molar-refractivity contribution >= 4 is 28.6 Å². The number of methoxy groups -OCH3 is 1. The van der Waals surface area contributed by atoms with Crippen LogP contribution in [0.1, 0.15) is 45.3 Å². The van der Waals surface area contributed by atoms with Gasteiger partial charge in [0, 0.05) is 18.4 Å². The summed E-state index contributed by atoms with van der Waals surface area (Å²) in [5, 5.41) is 2.82. The van der Waals surface area contributed by atoms with Crippen LogP contribution in [0.5, 0.6) is 5.75 Å². The van der Waals surface area contributed by atoms with Crippen LogP contribution >= 0.6 is 0 Å². The molecule has 0 bridgehead atoms. The van der Waals surface area contributed by atoms with Crippen molar-refractivity contribution in [1.82, 2.24) is 14.9 Å². The molecule has 0 saturated heterocycles. The maximum absolute atomic E-state index is 14.0. The summed E-state index contributed by atoms with van der Waals surface area (Å²) in [7, 11) is 1.57. The summed E-state index contributed by atoms with van der Waals surface area (Å²) in [6.45, 7) is 1.37. The van der Waals surface area contributed by atoms with Gasteiger partial charge in [-0.05, 0) is 29.8 Å². The Bertz CT molecular complexity index is 1390. The number of benzene rings is 3. The van der Waals surface area contributed by atoms with Crippen molar-refractivity contribution in [2.45, 2.75) is 24.8 Å². The Morgan fingerprint density at radius 1 is 0.941 bits per heavy atom. The Labute approximate surface area is 196 Å². The smallest absolute Gasteiger partial charge is 0.255 e. The van der Waals surface area contributed by atoms with Crippen molar-refractivity contribution in [2.75, 3.05) is 7.11 Å². The molecule has 3 atom stereocenters. The molecule has 2 heterocycles. The van der Waals surface area contributed by atoms with Gasteiger partial charge in [0.2, 0.25) is 5.91 Å². The second-order valence-electron chi connectivity index (χ2n) is 8.32. The van der Waals surface area contributed by atoms with Crippen molar-refractivity contribution in [3.63, 3.8) is 0 Å². The quantitative estimate of drug-likeness (QED) is 0.462. The SMILES string of the molecule is COc1ccc([C@H]2[C@H](C(=O)c3ccccc3)c3nc4ccccc4n3C(=O)[C@@H]2NC(C)=O)cc1. The summed E-state index contributed by atoms with van der Waals surface area (Å²) < 4.78 is 6.78. The molecule has 5 rings (SSSR count). The van der Waals surface area contributed by atoms with Gasteiger partial charge in [-0.3, -0.25) is 19.0 Å². The summed E-state index contributed by atoms with van der Waals surface area (Å²) in [5.74, 6) is -1.26. The first kappa shape index (κ1) is 21.6. The van der Waals surface area contributed by atoms with E-state index in [1.54, 1.807) is 49.6 Å². The molecule has 0 radical (unpaired) electrons. The number of ketones is 1. The zero-order valence-corrected chi connectivity index (χ0v) is 18.8. The molecule has 1 N–H and O–H groups in total. The third-order valence-electron chi connectivity index (χ3n) is 6.27. The van der Waals surface area contributed by atoms with Gasteiger partial charge in [0.05, 0.1) is 24.1 Å². The van der Waals surface area contributed by atoms with Crippen molar-refractivity contribution in [3.8, 4) is 5.75 Å². The Kier molecular flexibility index (Phi) is 5.45. The first-order chi connectivity index (χ1) is 16.5. The van der Waals surface area contributed by atoms with Crippen molar-refractivity contribution in [2.24, 2.45) is 0 Å². The van der Waals surface area contributed by atoms with Gasteiger partial charge < -0.3 is 10.1 Å². The van der Waals surface area contributed by atoms with E-state index in [1.165, 1.54) is 11.5 Å². The Balaban J connectivity index is 1.78. The average Bonchev–Trinajstić information content (AvgIpc) is 3.25. The molecule has 1 aromatic heterocycles. The predicted octanol–water partition coefficient (Wildman–Crippen LogP) is 3.95. The summed E-state index contributed by atoms with van der Waals surface area (Å²) in [5.41, 5.74) is 2.48. The second kappa shape index (κ2) is 8.59. The van der Waals surface area contributed by atoms with Crippen LogP contribution in [0.15, 0.2) is 78.9 Å². The monoisotopic (exact) mass is 453 g/mol. The number of ether oxygens (including phenoxy) is 1. The number of imidazole rings is 1. The molecule has 170 valence electrons. The molecule has 0 spiro atoms. The van der Waals surface area contributed by atoms with E-state index in [1.807, 2.05) is 36.4 Å². The minimum absolute atomic E-state index is 0.166. The molecule has 1 aliphatic heterocycles. The Hall–Kier alpha value is -4.26. The number of carbonyl (C=O) groups is 3. The highest BCUT2D eigenvalue weighted by Gasteiger charge is 2.48. The average molecular weight is 453 g/mol. The normalized spacial score (nSPS) is 19.5. The standard InChI is InChI=1S/C27H23N3O4/c1-16(31)28-24-22(17-12-14-19(34-2)15-13-17)23(25(32)18-8-4-3-5-9-18)26-29-20-10-6-7-11-21(20)30(26)27(24)33/h3-15,22-24H,1-2H3,(H,28,31)/t22-,23+,24+/m0/s1. The van der Waals surface area contributed by atoms with Gasteiger partial charge in [-0.25, -0.2) is 4.98 Å². The maximum atomic E-state index is 14.0. The first-order valence-electron chi connectivity index (χ1n) is 11.0. The van der Waals surface area contributed by atoms with E-state index < -0.39 is 17.9 Å². The predicted molar refractivity (Wildman–Crippen MR) is 127 cm³/mol. The molecular weight excluding hydrogens is 430 g/mol. The van der Waals surface area contributed by atoms with Gasteiger partial charge in [-0.15, -0.1) is 0 Å². The van der Waals surface area contributed by atoms with Crippen LogP contribution in [0.3, 0.4) is 0 Å². The molecule has 0 unspecified atom stereocenters. The number of hydrogen-bond acceptors (Lipinski definition) is 5. The van der Waals surface area contributed by atoms with E-state index >= 15 is 0 Å². The highest BCUT2D eigenvalue weighted by atomic mass is 16.5. The number of carbonyl (C=O) groups excluding carboxylic acids is 3. The summed E-state index contributed by atoms with van der Waals surface area (Å²) in [6.07, 6.45) is 0. The maximum Gasteiger partial charge on any atom is 0.255 e. The lowest BCUT2D eigenvalue weighted by molar-refractivity contribution is -0.119. The lowest BCUT2D eigenvalue weighted by Crippen LogP contribution is -2.53. The van der Waals surface area contributed by atoms with Crippen LogP contribution in [-0.4, -0.2) is 40.3 Å². The molecule has 1 amide bonds. The minimum atomic E-state index is -0.950. The van der Waals surface area contributed by atoms with Crippen LogP contribution in [0.25, 0.3) is 11.0 Å². The van der Waals surface area contributed by atoms with Gasteiger partial charge in [-0.1, -0.05) is 54.6 Å². The lowest BCUT2D eigenvalue weighted by atomic mass is 9.74. The molecule has 34 heavy (non-hydrogen) atoms. The van der Waals surface area contributed by atoms with Crippen LogP contribution in [0, 0.1) is 0 Å². The summed E-state index contributed by atoms with van der Waals surface area (Å²) >= 11 is 0. The Morgan fingerprint density at radius 3 is 2.29 bits per heavy atom. The number of nitrogens with zero attached hydrogens (tertiary/aromatic N) is 2. The highest BCUT2D eigenvalue weighted by molar-refractivity contribution is 6.06. The number of Topliss-reactive ketones (excluding diaryl/α,β-unsaturated/α-hetero) is 1. The van der Waals surface area contributed by atoms with E-state index in [0.29, 0.717) is 28.2 Å². The van der Waals surface area contributed by atoms with Crippen molar-refractivity contribution in [1.29, 1.82) is 0 Å². The van der Waals surface area contributed by atoms with Crippen molar-refractivity contribution in [3.05, 3.63) is 95.8 Å². The summed E-state index contributed by atoms with van der Waals surface area (Å²) in [6, 6.07) is 22.5. The number of aromatic nitrogens is 2. The molecular formula is C27H23N3O4. The topological polar surface area (TPSA) is 90.3 Å². The van der Waals surface area contributed by atoms with E-state index in [2.05, 4.69) is 5.32 Å². The summed E-state index contributed by atoms with van der Waals surface area (Å²) in [4.78, 5) is 44.7. The van der Waals surface area contributed by atoms with Crippen molar-refractivity contribution < 1.29 is 19.1 Å². The third-order valence-corrected chi connectivity index (χ3v) is 6.27.